The summed E-state index contributed by atoms with van der Waals surface area (Å²) < 4.78 is 6.42. The first-order chi connectivity index (χ1) is 15.9. The lowest BCUT2D eigenvalue weighted by molar-refractivity contribution is -0.384. The number of rotatable bonds is 6. The number of carbonyl (C=O) groups is 1. The van der Waals surface area contributed by atoms with Crippen LogP contribution in [0.1, 0.15) is 36.5 Å². The first-order valence-corrected chi connectivity index (χ1v) is 11.9. The smallest absolute Gasteiger partial charge is 0.293 e. The minimum Gasteiger partial charge on any atom is -0.494 e. The fraction of sp³-hybridized carbons (Fsp3) is 0.318. The molecule has 1 fully saturated rings. The van der Waals surface area contributed by atoms with E-state index in [0.717, 1.165) is 48.3 Å². The van der Waals surface area contributed by atoms with Gasteiger partial charge in [0.2, 0.25) is 0 Å². The number of fused-ring (bicyclic) bond motifs is 1. The van der Waals surface area contributed by atoms with Gasteiger partial charge >= 0.3 is 0 Å². The molecule has 0 saturated carbocycles. The molecule has 0 bridgehead atoms. The third-order valence-electron chi connectivity index (χ3n) is 5.25. The van der Waals surface area contributed by atoms with E-state index in [0.29, 0.717) is 17.4 Å². The average molecular weight is 486 g/mol. The molecule has 1 saturated heterocycles. The van der Waals surface area contributed by atoms with Gasteiger partial charge in [-0.1, -0.05) is 11.3 Å². The molecule has 1 aliphatic rings. The van der Waals surface area contributed by atoms with E-state index in [9.17, 15) is 14.9 Å². The molecule has 0 atom stereocenters. The molecule has 2 N–H and O–H groups in total. The summed E-state index contributed by atoms with van der Waals surface area (Å²) in [6, 6.07) is 10.1. The monoisotopic (exact) mass is 485 g/mol. The SMILES string of the molecule is CCOc1ccc2nc(NC(=S)NC(=O)c3ccc(N4CCCCC4)c([N+](=O)[O-])c3)sc2c1. The van der Waals surface area contributed by atoms with Crippen LogP contribution in [0.15, 0.2) is 36.4 Å². The van der Waals surface area contributed by atoms with Gasteiger partial charge in [-0.15, -0.1) is 0 Å². The zero-order valence-corrected chi connectivity index (χ0v) is 19.6. The molecule has 0 radical (unpaired) electrons. The van der Waals surface area contributed by atoms with E-state index in [1.54, 1.807) is 12.1 Å². The van der Waals surface area contributed by atoms with Crippen molar-refractivity contribution in [2.75, 3.05) is 29.9 Å². The van der Waals surface area contributed by atoms with Crippen LogP contribution in [0, 0.1) is 10.1 Å². The molecule has 4 rings (SSSR count). The highest BCUT2D eigenvalue weighted by molar-refractivity contribution is 7.80. The third-order valence-corrected chi connectivity index (χ3v) is 6.39. The maximum Gasteiger partial charge on any atom is 0.293 e. The molecule has 172 valence electrons. The van der Waals surface area contributed by atoms with Gasteiger partial charge in [-0.25, -0.2) is 4.98 Å². The summed E-state index contributed by atoms with van der Waals surface area (Å²) in [5, 5.41) is 17.7. The van der Waals surface area contributed by atoms with Crippen LogP contribution in [0.5, 0.6) is 5.75 Å². The predicted octanol–water partition coefficient (Wildman–Crippen LogP) is 4.72. The summed E-state index contributed by atoms with van der Waals surface area (Å²) >= 11 is 6.63. The van der Waals surface area contributed by atoms with Gasteiger partial charge < -0.3 is 15.0 Å². The number of nitrogens with zero attached hydrogens (tertiary/aromatic N) is 3. The van der Waals surface area contributed by atoms with Crippen LogP contribution in [-0.4, -0.2) is 40.6 Å². The zero-order valence-electron chi connectivity index (χ0n) is 18.0. The summed E-state index contributed by atoms with van der Waals surface area (Å²) in [7, 11) is 0. The van der Waals surface area contributed by atoms with Crippen molar-refractivity contribution < 1.29 is 14.5 Å². The van der Waals surface area contributed by atoms with Crippen molar-refractivity contribution in [3.63, 3.8) is 0 Å². The van der Waals surface area contributed by atoms with Gasteiger partial charge in [-0.2, -0.15) is 0 Å². The van der Waals surface area contributed by atoms with Crippen LogP contribution in [0.25, 0.3) is 10.2 Å². The molecule has 2 heterocycles. The molecule has 1 aliphatic heterocycles. The number of benzene rings is 2. The first kappa shape index (κ1) is 22.9. The average Bonchev–Trinajstić information content (AvgIpc) is 3.20. The Morgan fingerprint density at radius 2 is 2.03 bits per heavy atom. The molecule has 1 amide bonds. The van der Waals surface area contributed by atoms with Crippen LogP contribution in [-0.2, 0) is 0 Å². The summed E-state index contributed by atoms with van der Waals surface area (Å²) in [4.78, 5) is 30.3. The van der Waals surface area contributed by atoms with Crippen LogP contribution in [0.3, 0.4) is 0 Å². The number of thiazole rings is 1. The highest BCUT2D eigenvalue weighted by Gasteiger charge is 2.23. The highest BCUT2D eigenvalue weighted by atomic mass is 32.1. The molecule has 9 nitrogen and oxygen atoms in total. The molecular weight excluding hydrogens is 462 g/mol. The fourth-order valence-electron chi connectivity index (χ4n) is 3.73. The molecule has 0 spiro atoms. The second-order valence-electron chi connectivity index (χ2n) is 7.50. The van der Waals surface area contributed by atoms with Crippen LogP contribution >= 0.6 is 23.6 Å². The van der Waals surface area contributed by atoms with E-state index < -0.39 is 10.8 Å². The molecular formula is C22H23N5O4S2. The Hall–Kier alpha value is -3.31. The van der Waals surface area contributed by atoms with Crippen molar-refractivity contribution in [3.05, 3.63) is 52.1 Å². The minimum absolute atomic E-state index is 0.0619. The zero-order chi connectivity index (χ0) is 23.4. The van der Waals surface area contributed by atoms with Crippen molar-refractivity contribution in [2.24, 2.45) is 0 Å². The van der Waals surface area contributed by atoms with E-state index >= 15 is 0 Å². The second-order valence-corrected chi connectivity index (χ2v) is 8.94. The number of aromatic nitrogens is 1. The van der Waals surface area contributed by atoms with Crippen molar-refractivity contribution in [1.82, 2.24) is 10.3 Å². The standard InChI is InChI=1S/C22H23N5O4S2/c1-2-31-15-7-8-16-19(13-15)33-22(23-16)25-21(32)24-20(28)14-6-9-17(18(12-14)27(29)30)26-10-4-3-5-11-26/h6-9,12-13H,2-5,10-11H2,1H3,(H2,23,24,25,28,32). The minimum atomic E-state index is -0.527. The lowest BCUT2D eigenvalue weighted by Gasteiger charge is -2.28. The molecule has 0 unspecified atom stereocenters. The number of amides is 1. The molecule has 11 heteroatoms. The number of piperidine rings is 1. The van der Waals surface area contributed by atoms with Gasteiger partial charge in [0.25, 0.3) is 11.6 Å². The van der Waals surface area contributed by atoms with Crippen molar-refractivity contribution >= 4 is 61.3 Å². The normalized spacial score (nSPS) is 13.5. The van der Waals surface area contributed by atoms with E-state index in [2.05, 4.69) is 15.6 Å². The Bertz CT molecular complexity index is 1210. The number of hydrogen-bond acceptors (Lipinski definition) is 8. The number of hydrogen-bond donors (Lipinski definition) is 2. The van der Waals surface area contributed by atoms with Gasteiger partial charge in [-0.3, -0.25) is 20.2 Å². The van der Waals surface area contributed by atoms with Gasteiger partial charge in [0, 0.05) is 24.7 Å². The predicted molar refractivity (Wildman–Crippen MR) is 134 cm³/mol. The Morgan fingerprint density at radius 3 is 2.76 bits per heavy atom. The van der Waals surface area contributed by atoms with E-state index in [1.165, 1.54) is 17.4 Å². The van der Waals surface area contributed by atoms with E-state index in [4.69, 9.17) is 17.0 Å². The number of anilines is 2. The third kappa shape index (κ3) is 5.37. The van der Waals surface area contributed by atoms with Crippen molar-refractivity contribution in [2.45, 2.75) is 26.2 Å². The maximum atomic E-state index is 12.7. The number of nitrogens with one attached hydrogen (secondary N) is 2. The van der Waals surface area contributed by atoms with Crippen LogP contribution in [0.2, 0.25) is 0 Å². The summed E-state index contributed by atoms with van der Waals surface area (Å²) in [5.74, 6) is 0.228. The summed E-state index contributed by atoms with van der Waals surface area (Å²) in [6.07, 6.45) is 3.12. The Morgan fingerprint density at radius 1 is 1.24 bits per heavy atom. The van der Waals surface area contributed by atoms with Gasteiger partial charge in [0.05, 0.1) is 21.7 Å². The number of nitro benzene ring substituents is 1. The first-order valence-electron chi connectivity index (χ1n) is 10.6. The summed E-state index contributed by atoms with van der Waals surface area (Å²) in [5.41, 5.74) is 1.40. The van der Waals surface area contributed by atoms with Gasteiger partial charge in [-0.05, 0) is 68.7 Å². The molecule has 33 heavy (non-hydrogen) atoms. The number of thiocarbonyl (C=S) groups is 1. The van der Waals surface area contributed by atoms with Gasteiger partial charge in [0.15, 0.2) is 10.2 Å². The van der Waals surface area contributed by atoms with Crippen LogP contribution < -0.4 is 20.3 Å². The lowest BCUT2D eigenvalue weighted by atomic mass is 10.1. The molecule has 1 aromatic heterocycles. The highest BCUT2D eigenvalue weighted by Crippen LogP contribution is 2.32. The Balaban J connectivity index is 1.45. The lowest BCUT2D eigenvalue weighted by Crippen LogP contribution is -2.34. The Kier molecular flexibility index (Phi) is 6.99. The second kappa shape index (κ2) is 10.1. The van der Waals surface area contributed by atoms with E-state index in [-0.39, 0.29) is 16.4 Å². The maximum absolute atomic E-state index is 12.7. The molecule has 3 aromatic rings. The number of carbonyl (C=O) groups excluding carboxylic acids is 1. The molecule has 2 aromatic carbocycles. The Labute approximate surface area is 199 Å². The number of nitro groups is 1. The van der Waals surface area contributed by atoms with Crippen molar-refractivity contribution in [3.8, 4) is 5.75 Å². The van der Waals surface area contributed by atoms with Gasteiger partial charge in [0.1, 0.15) is 11.4 Å². The summed E-state index contributed by atoms with van der Waals surface area (Å²) in [6.45, 7) is 4.03. The van der Waals surface area contributed by atoms with Crippen LogP contribution in [0.4, 0.5) is 16.5 Å². The molecule has 0 aliphatic carbocycles. The quantitative estimate of drug-likeness (QED) is 0.293. The topological polar surface area (TPSA) is 110 Å². The van der Waals surface area contributed by atoms with E-state index in [1.807, 2.05) is 30.0 Å². The van der Waals surface area contributed by atoms with Crippen molar-refractivity contribution in [1.29, 1.82) is 0 Å². The fourth-order valence-corrected chi connectivity index (χ4v) is 4.88. The largest absolute Gasteiger partial charge is 0.494 e. The number of ether oxygens (including phenoxy) is 1.